The molecule has 1 aromatic heterocycles. The van der Waals surface area contributed by atoms with Crippen molar-refractivity contribution in [1.82, 2.24) is 4.98 Å². The Morgan fingerprint density at radius 3 is 2.94 bits per heavy atom. The molecule has 0 radical (unpaired) electrons. The Hall–Kier alpha value is -1.91. The van der Waals surface area contributed by atoms with Gasteiger partial charge in [-0.3, -0.25) is 4.79 Å². The van der Waals surface area contributed by atoms with Crippen LogP contribution in [0.15, 0.2) is 18.3 Å². The van der Waals surface area contributed by atoms with Gasteiger partial charge in [0.2, 0.25) is 0 Å². The molecule has 0 aromatic carbocycles. The molecule has 0 spiro atoms. The molecule has 2 rings (SSSR count). The van der Waals surface area contributed by atoms with Gasteiger partial charge in [-0.2, -0.15) is 0 Å². The minimum Gasteiger partial charge on any atom is -0.462 e. The zero-order valence-corrected chi connectivity index (χ0v) is 10.3. The number of ketones is 1. The number of anilines is 1. The van der Waals surface area contributed by atoms with Crippen molar-refractivity contribution in [3.05, 3.63) is 23.9 Å². The van der Waals surface area contributed by atoms with Crippen LogP contribution in [-0.2, 0) is 9.53 Å². The quantitative estimate of drug-likeness (QED) is 0.775. The molecule has 18 heavy (non-hydrogen) atoms. The van der Waals surface area contributed by atoms with Crippen LogP contribution < -0.4 is 5.32 Å². The third-order valence-electron chi connectivity index (χ3n) is 2.77. The number of Topliss-reactive ketones (excluding diaryl/α,β-unsaturated/α-hetero) is 1. The van der Waals surface area contributed by atoms with E-state index in [0.717, 1.165) is 12.8 Å². The summed E-state index contributed by atoms with van der Waals surface area (Å²) in [5.41, 5.74) is 0.364. The van der Waals surface area contributed by atoms with Gasteiger partial charge in [0.1, 0.15) is 11.4 Å². The van der Waals surface area contributed by atoms with Crippen LogP contribution in [0, 0.1) is 5.92 Å². The number of carbonyl (C=O) groups is 2. The van der Waals surface area contributed by atoms with Crippen molar-refractivity contribution in [3.63, 3.8) is 0 Å². The van der Waals surface area contributed by atoms with Crippen molar-refractivity contribution in [3.8, 4) is 0 Å². The Labute approximate surface area is 106 Å². The van der Waals surface area contributed by atoms with E-state index >= 15 is 0 Å². The fraction of sp³-hybridized carbons (Fsp3) is 0.462. The summed E-state index contributed by atoms with van der Waals surface area (Å²) in [7, 11) is 0. The van der Waals surface area contributed by atoms with Crippen LogP contribution in [0.2, 0.25) is 0 Å². The largest absolute Gasteiger partial charge is 0.462 e. The molecule has 1 heterocycles. The van der Waals surface area contributed by atoms with Crippen molar-refractivity contribution in [1.29, 1.82) is 0 Å². The summed E-state index contributed by atoms with van der Waals surface area (Å²) in [6.07, 6.45) is 3.54. The maximum atomic E-state index is 11.7. The highest BCUT2D eigenvalue weighted by atomic mass is 16.5. The second-order valence-corrected chi connectivity index (χ2v) is 4.21. The summed E-state index contributed by atoms with van der Waals surface area (Å²) < 4.78 is 4.93. The van der Waals surface area contributed by atoms with Crippen LogP contribution in [0.4, 0.5) is 5.82 Å². The number of esters is 1. The first-order valence-electron chi connectivity index (χ1n) is 6.11. The van der Waals surface area contributed by atoms with Crippen molar-refractivity contribution in [2.45, 2.75) is 19.8 Å². The van der Waals surface area contributed by atoms with E-state index in [1.165, 1.54) is 0 Å². The average Bonchev–Trinajstić information content (AvgIpc) is 3.21. The molecule has 0 atom stereocenters. The third kappa shape index (κ3) is 3.06. The smallest absolute Gasteiger partial charge is 0.341 e. The number of nitrogens with one attached hydrogen (secondary N) is 1. The molecular formula is C13H16N2O3. The van der Waals surface area contributed by atoms with E-state index in [9.17, 15) is 9.59 Å². The van der Waals surface area contributed by atoms with Crippen LogP contribution >= 0.6 is 0 Å². The minimum absolute atomic E-state index is 0.176. The van der Waals surface area contributed by atoms with E-state index in [1.54, 1.807) is 25.3 Å². The van der Waals surface area contributed by atoms with E-state index in [2.05, 4.69) is 10.3 Å². The summed E-state index contributed by atoms with van der Waals surface area (Å²) in [4.78, 5) is 27.3. The van der Waals surface area contributed by atoms with Crippen LogP contribution in [0.3, 0.4) is 0 Å². The van der Waals surface area contributed by atoms with Gasteiger partial charge in [-0.1, -0.05) is 0 Å². The highest BCUT2D eigenvalue weighted by Crippen LogP contribution is 2.29. The Balaban J connectivity index is 2.02. The molecule has 1 saturated carbocycles. The van der Waals surface area contributed by atoms with Gasteiger partial charge < -0.3 is 10.1 Å². The fourth-order valence-electron chi connectivity index (χ4n) is 1.64. The Bertz CT molecular complexity index is 455. The van der Waals surface area contributed by atoms with E-state index in [0.29, 0.717) is 18.0 Å². The molecule has 1 aliphatic carbocycles. The van der Waals surface area contributed by atoms with Crippen molar-refractivity contribution in [2.24, 2.45) is 5.92 Å². The summed E-state index contributed by atoms with van der Waals surface area (Å²) in [6.45, 7) is 2.28. The van der Waals surface area contributed by atoms with Crippen LogP contribution in [0.5, 0.6) is 0 Å². The monoisotopic (exact) mass is 248 g/mol. The lowest BCUT2D eigenvalue weighted by Crippen LogP contribution is -2.18. The van der Waals surface area contributed by atoms with Gasteiger partial charge in [0, 0.05) is 12.1 Å². The fourth-order valence-corrected chi connectivity index (χ4v) is 1.64. The lowest BCUT2D eigenvalue weighted by molar-refractivity contribution is -0.118. The second kappa shape index (κ2) is 5.62. The molecule has 0 unspecified atom stereocenters. The molecule has 5 heteroatoms. The van der Waals surface area contributed by atoms with E-state index in [4.69, 9.17) is 4.74 Å². The molecule has 1 aromatic rings. The minimum atomic E-state index is -0.424. The highest BCUT2D eigenvalue weighted by molar-refractivity contribution is 5.95. The number of carbonyl (C=O) groups excluding carboxylic acids is 2. The molecule has 0 aliphatic heterocycles. The zero-order valence-electron chi connectivity index (χ0n) is 10.3. The van der Waals surface area contributed by atoms with Gasteiger partial charge in [0.25, 0.3) is 0 Å². The molecule has 1 aliphatic rings. The van der Waals surface area contributed by atoms with Gasteiger partial charge in [-0.25, -0.2) is 9.78 Å². The molecule has 1 N–H and O–H groups in total. The Morgan fingerprint density at radius 1 is 1.50 bits per heavy atom. The SMILES string of the molecule is CCOC(=O)c1cccnc1NCC(=O)C1CC1. The van der Waals surface area contributed by atoms with Gasteiger partial charge in [0.05, 0.1) is 13.2 Å². The Kier molecular flexibility index (Phi) is 3.92. The number of hydrogen-bond acceptors (Lipinski definition) is 5. The third-order valence-corrected chi connectivity index (χ3v) is 2.77. The molecule has 5 nitrogen and oxygen atoms in total. The first kappa shape index (κ1) is 12.5. The number of ether oxygens (including phenoxy) is 1. The lowest BCUT2D eigenvalue weighted by atomic mass is 10.2. The number of nitrogens with zero attached hydrogens (tertiary/aromatic N) is 1. The normalized spacial score (nSPS) is 14.1. The van der Waals surface area contributed by atoms with Gasteiger partial charge in [0.15, 0.2) is 5.78 Å². The number of pyridine rings is 1. The van der Waals surface area contributed by atoms with Crippen molar-refractivity contribution < 1.29 is 14.3 Å². The zero-order chi connectivity index (χ0) is 13.0. The lowest BCUT2D eigenvalue weighted by Gasteiger charge is -2.09. The van der Waals surface area contributed by atoms with E-state index < -0.39 is 5.97 Å². The number of rotatable bonds is 6. The molecule has 0 amide bonds. The summed E-state index contributed by atoms with van der Waals surface area (Å²) >= 11 is 0. The molecule has 0 bridgehead atoms. The standard InChI is InChI=1S/C13H16N2O3/c1-2-18-13(17)10-4-3-7-14-12(10)15-8-11(16)9-5-6-9/h3-4,7,9H,2,5-6,8H2,1H3,(H,14,15). The first-order chi connectivity index (χ1) is 8.72. The van der Waals surface area contributed by atoms with E-state index in [1.807, 2.05) is 0 Å². The van der Waals surface area contributed by atoms with Gasteiger partial charge in [-0.15, -0.1) is 0 Å². The van der Waals surface area contributed by atoms with Gasteiger partial charge >= 0.3 is 5.97 Å². The topological polar surface area (TPSA) is 68.3 Å². The van der Waals surface area contributed by atoms with Crippen LogP contribution in [0.25, 0.3) is 0 Å². The van der Waals surface area contributed by atoms with E-state index in [-0.39, 0.29) is 18.2 Å². The maximum Gasteiger partial charge on any atom is 0.341 e. The van der Waals surface area contributed by atoms with Crippen molar-refractivity contribution >= 4 is 17.6 Å². The predicted octanol–water partition coefficient (Wildman–Crippen LogP) is 1.65. The van der Waals surface area contributed by atoms with Crippen molar-refractivity contribution in [2.75, 3.05) is 18.5 Å². The number of aromatic nitrogens is 1. The summed E-state index contributed by atoms with van der Waals surface area (Å²) in [5.74, 6) is 0.361. The Morgan fingerprint density at radius 2 is 2.28 bits per heavy atom. The molecule has 0 saturated heterocycles. The predicted molar refractivity (Wildman–Crippen MR) is 66.4 cm³/mol. The maximum absolute atomic E-state index is 11.7. The average molecular weight is 248 g/mol. The highest BCUT2D eigenvalue weighted by Gasteiger charge is 2.29. The first-order valence-corrected chi connectivity index (χ1v) is 6.11. The van der Waals surface area contributed by atoms with Crippen LogP contribution in [0.1, 0.15) is 30.1 Å². The summed E-state index contributed by atoms with van der Waals surface area (Å²) in [5, 5.41) is 2.91. The molecular weight excluding hydrogens is 232 g/mol. The van der Waals surface area contributed by atoms with Crippen LogP contribution in [-0.4, -0.2) is 29.9 Å². The molecule has 96 valence electrons. The molecule has 1 fully saturated rings. The van der Waals surface area contributed by atoms with Gasteiger partial charge in [-0.05, 0) is 31.9 Å². The number of hydrogen-bond donors (Lipinski definition) is 1. The summed E-state index contributed by atoms with van der Waals surface area (Å²) in [6, 6.07) is 3.30. The second-order valence-electron chi connectivity index (χ2n) is 4.21.